The number of carboxylic acid groups (broad SMARTS) is 1. The van der Waals surface area contributed by atoms with E-state index in [-0.39, 0.29) is 17.9 Å². The molecule has 0 aliphatic carbocycles. The lowest BCUT2D eigenvalue weighted by Gasteiger charge is -2.19. The predicted octanol–water partition coefficient (Wildman–Crippen LogP) is 2.48. The smallest absolute Gasteiger partial charge is 0.319 e. The molecule has 0 bridgehead atoms. The number of anilines is 1. The van der Waals surface area contributed by atoms with Gasteiger partial charge in [-0.2, -0.15) is 0 Å². The number of carbonyl (C=O) groups is 2. The fourth-order valence-electron chi connectivity index (χ4n) is 1.47. The maximum absolute atomic E-state index is 11.7. The summed E-state index contributed by atoms with van der Waals surface area (Å²) in [6.07, 6.45) is -0.115. The van der Waals surface area contributed by atoms with Crippen molar-refractivity contribution in [1.82, 2.24) is 5.32 Å². The summed E-state index contributed by atoms with van der Waals surface area (Å²) in [5, 5.41) is 14.2. The van der Waals surface area contributed by atoms with E-state index in [9.17, 15) is 9.59 Å². The number of aliphatic carboxylic acids is 1. The molecular weight excluding hydrogens is 244 g/mol. The van der Waals surface area contributed by atoms with Gasteiger partial charge in [-0.05, 0) is 17.0 Å². The molecule has 1 aromatic carbocycles. The van der Waals surface area contributed by atoms with E-state index in [1.807, 2.05) is 20.8 Å². The molecule has 2 amide bonds. The van der Waals surface area contributed by atoms with Gasteiger partial charge in [0.05, 0.1) is 6.42 Å². The molecule has 0 radical (unpaired) electrons. The van der Waals surface area contributed by atoms with Crippen LogP contribution in [0.4, 0.5) is 10.5 Å². The average molecular weight is 264 g/mol. The van der Waals surface area contributed by atoms with Gasteiger partial charge in [0, 0.05) is 12.2 Å². The highest BCUT2D eigenvalue weighted by Gasteiger charge is 2.13. The molecule has 19 heavy (non-hydrogen) atoms. The molecule has 5 nitrogen and oxygen atoms in total. The van der Waals surface area contributed by atoms with Crippen LogP contribution in [0.2, 0.25) is 0 Å². The molecule has 0 spiro atoms. The Kier molecular flexibility index (Phi) is 4.92. The van der Waals surface area contributed by atoms with Gasteiger partial charge in [0.25, 0.3) is 0 Å². The van der Waals surface area contributed by atoms with Gasteiger partial charge in [0.15, 0.2) is 0 Å². The molecule has 0 saturated carbocycles. The molecule has 1 rings (SSSR count). The van der Waals surface area contributed by atoms with Crippen LogP contribution in [0.1, 0.15) is 26.3 Å². The summed E-state index contributed by atoms with van der Waals surface area (Å²) < 4.78 is 0. The number of urea groups is 1. The van der Waals surface area contributed by atoms with Crippen molar-refractivity contribution in [2.75, 3.05) is 11.9 Å². The van der Waals surface area contributed by atoms with Crippen LogP contribution in [0.5, 0.6) is 0 Å². The molecular formula is C14H20N2O3. The Hall–Kier alpha value is -2.04. The SMILES string of the molecule is CC(C)(C)CNC(=O)Nc1ccccc1CC(=O)O. The Morgan fingerprint density at radius 1 is 1.21 bits per heavy atom. The molecule has 0 fully saturated rings. The van der Waals surface area contributed by atoms with Gasteiger partial charge >= 0.3 is 12.0 Å². The van der Waals surface area contributed by atoms with E-state index in [2.05, 4.69) is 10.6 Å². The second kappa shape index (κ2) is 6.22. The zero-order valence-corrected chi connectivity index (χ0v) is 11.5. The maximum Gasteiger partial charge on any atom is 0.319 e. The molecule has 0 saturated heterocycles. The second-order valence-electron chi connectivity index (χ2n) is 5.60. The van der Waals surface area contributed by atoms with E-state index in [4.69, 9.17) is 5.11 Å². The number of benzene rings is 1. The lowest BCUT2D eigenvalue weighted by molar-refractivity contribution is -0.136. The van der Waals surface area contributed by atoms with Gasteiger partial charge < -0.3 is 15.7 Å². The standard InChI is InChI=1S/C14H20N2O3/c1-14(2,3)9-15-13(19)16-11-7-5-4-6-10(11)8-12(17)18/h4-7H,8-9H2,1-3H3,(H,17,18)(H2,15,16,19). The highest BCUT2D eigenvalue weighted by molar-refractivity contribution is 5.90. The molecule has 5 heteroatoms. The zero-order valence-electron chi connectivity index (χ0n) is 11.5. The normalized spacial score (nSPS) is 10.9. The minimum absolute atomic E-state index is 0.00206. The highest BCUT2D eigenvalue weighted by Crippen LogP contribution is 2.16. The van der Waals surface area contributed by atoms with Crippen LogP contribution in [0.15, 0.2) is 24.3 Å². The number of amides is 2. The third-order valence-corrected chi connectivity index (χ3v) is 2.39. The molecule has 0 aliphatic heterocycles. The first-order valence-corrected chi connectivity index (χ1v) is 6.12. The lowest BCUT2D eigenvalue weighted by atomic mass is 9.97. The van der Waals surface area contributed by atoms with Crippen molar-refractivity contribution in [2.24, 2.45) is 5.41 Å². The molecule has 0 unspecified atom stereocenters. The Labute approximate surface area is 113 Å². The lowest BCUT2D eigenvalue weighted by Crippen LogP contribution is -2.35. The predicted molar refractivity (Wildman–Crippen MR) is 74.3 cm³/mol. The van der Waals surface area contributed by atoms with E-state index in [1.54, 1.807) is 24.3 Å². The summed E-state index contributed by atoms with van der Waals surface area (Å²) in [4.78, 5) is 22.5. The Balaban J connectivity index is 2.66. The van der Waals surface area contributed by atoms with Gasteiger partial charge in [-0.15, -0.1) is 0 Å². The summed E-state index contributed by atoms with van der Waals surface area (Å²) in [6, 6.07) is 6.55. The molecule has 0 aliphatic rings. The van der Waals surface area contributed by atoms with Crippen molar-refractivity contribution in [3.63, 3.8) is 0 Å². The number of para-hydroxylation sites is 1. The van der Waals surface area contributed by atoms with Crippen molar-refractivity contribution in [3.8, 4) is 0 Å². The summed E-state index contributed by atoms with van der Waals surface area (Å²) in [7, 11) is 0. The Bertz CT molecular complexity index is 464. The van der Waals surface area contributed by atoms with Gasteiger partial charge in [-0.3, -0.25) is 4.79 Å². The van der Waals surface area contributed by atoms with E-state index in [0.717, 1.165) is 0 Å². The van der Waals surface area contributed by atoms with Gasteiger partial charge in [0.1, 0.15) is 0 Å². The van der Waals surface area contributed by atoms with Gasteiger partial charge in [-0.25, -0.2) is 4.79 Å². The molecule has 0 aromatic heterocycles. The second-order valence-corrected chi connectivity index (χ2v) is 5.60. The zero-order chi connectivity index (χ0) is 14.5. The van der Waals surface area contributed by atoms with Gasteiger partial charge in [-0.1, -0.05) is 39.0 Å². The third kappa shape index (κ3) is 5.90. The molecule has 3 N–H and O–H groups in total. The van der Waals surface area contributed by atoms with Crippen molar-refractivity contribution in [2.45, 2.75) is 27.2 Å². The van der Waals surface area contributed by atoms with E-state index >= 15 is 0 Å². The maximum atomic E-state index is 11.7. The topological polar surface area (TPSA) is 78.4 Å². The van der Waals surface area contributed by atoms with Crippen LogP contribution < -0.4 is 10.6 Å². The van der Waals surface area contributed by atoms with Crippen molar-refractivity contribution < 1.29 is 14.7 Å². The monoisotopic (exact) mass is 264 g/mol. The number of rotatable bonds is 4. The van der Waals surface area contributed by atoms with E-state index < -0.39 is 5.97 Å². The van der Waals surface area contributed by atoms with Crippen LogP contribution >= 0.6 is 0 Å². The summed E-state index contributed by atoms with van der Waals surface area (Å²) in [5.41, 5.74) is 1.11. The minimum Gasteiger partial charge on any atom is -0.481 e. The van der Waals surface area contributed by atoms with E-state index in [0.29, 0.717) is 17.8 Å². The number of carbonyl (C=O) groups excluding carboxylic acids is 1. The number of nitrogens with one attached hydrogen (secondary N) is 2. The third-order valence-electron chi connectivity index (χ3n) is 2.39. The van der Waals surface area contributed by atoms with Crippen molar-refractivity contribution in [3.05, 3.63) is 29.8 Å². The van der Waals surface area contributed by atoms with Crippen molar-refractivity contribution in [1.29, 1.82) is 0 Å². The fraction of sp³-hybridized carbons (Fsp3) is 0.429. The molecule has 104 valence electrons. The quantitative estimate of drug-likeness (QED) is 0.781. The minimum atomic E-state index is -0.927. The van der Waals surface area contributed by atoms with Crippen LogP contribution in [-0.2, 0) is 11.2 Å². The Morgan fingerprint density at radius 2 is 1.84 bits per heavy atom. The van der Waals surface area contributed by atoms with Crippen LogP contribution in [0, 0.1) is 5.41 Å². The first kappa shape index (κ1) is 15.0. The van der Waals surface area contributed by atoms with Crippen LogP contribution in [-0.4, -0.2) is 23.7 Å². The largest absolute Gasteiger partial charge is 0.481 e. The summed E-state index contributed by atoms with van der Waals surface area (Å²) in [5.74, 6) is -0.927. The summed E-state index contributed by atoms with van der Waals surface area (Å²) in [6.45, 7) is 6.60. The number of hydrogen-bond acceptors (Lipinski definition) is 2. The fourth-order valence-corrected chi connectivity index (χ4v) is 1.47. The van der Waals surface area contributed by atoms with Crippen molar-refractivity contribution >= 4 is 17.7 Å². The first-order chi connectivity index (χ1) is 8.78. The van der Waals surface area contributed by atoms with Crippen LogP contribution in [0.3, 0.4) is 0 Å². The highest BCUT2D eigenvalue weighted by atomic mass is 16.4. The number of carboxylic acids is 1. The molecule has 0 heterocycles. The number of hydrogen-bond donors (Lipinski definition) is 3. The first-order valence-electron chi connectivity index (χ1n) is 6.12. The van der Waals surface area contributed by atoms with Gasteiger partial charge in [0.2, 0.25) is 0 Å². The summed E-state index contributed by atoms with van der Waals surface area (Å²) >= 11 is 0. The van der Waals surface area contributed by atoms with E-state index in [1.165, 1.54) is 0 Å². The average Bonchev–Trinajstić information content (AvgIpc) is 2.27. The van der Waals surface area contributed by atoms with Crippen LogP contribution in [0.25, 0.3) is 0 Å². The molecule has 0 atom stereocenters. The molecule has 1 aromatic rings. The Morgan fingerprint density at radius 3 is 2.42 bits per heavy atom.